The highest BCUT2D eigenvalue weighted by Crippen LogP contribution is 2.23. The average Bonchev–Trinajstić information content (AvgIpc) is 2.47. The first-order valence-electron chi connectivity index (χ1n) is 7.39. The molecule has 1 aromatic heterocycles. The number of nitrogens with zero attached hydrogens (tertiary/aromatic N) is 1. The average molecular weight is 268 g/mol. The first-order valence-corrected chi connectivity index (χ1v) is 7.39. The molecule has 0 saturated heterocycles. The molecule has 1 saturated carbocycles. The van der Waals surface area contributed by atoms with E-state index in [-0.39, 0.29) is 5.91 Å². The fraction of sp³-hybridized carbons (Fsp3) is 0.412. The van der Waals surface area contributed by atoms with Gasteiger partial charge in [0.15, 0.2) is 0 Å². The van der Waals surface area contributed by atoms with Crippen LogP contribution < -0.4 is 5.32 Å². The fourth-order valence-corrected chi connectivity index (χ4v) is 3.02. The highest BCUT2D eigenvalue weighted by atomic mass is 16.1. The lowest BCUT2D eigenvalue weighted by Gasteiger charge is -2.27. The van der Waals surface area contributed by atoms with E-state index in [9.17, 15) is 4.79 Å². The van der Waals surface area contributed by atoms with Crippen LogP contribution in [0.4, 0.5) is 0 Å². The summed E-state index contributed by atoms with van der Waals surface area (Å²) in [7, 11) is 0. The molecule has 1 aromatic carbocycles. The first-order chi connectivity index (χ1) is 9.72. The summed E-state index contributed by atoms with van der Waals surface area (Å²) in [4.78, 5) is 16.7. The van der Waals surface area contributed by atoms with E-state index in [1.807, 2.05) is 36.4 Å². The van der Waals surface area contributed by atoms with Crippen molar-refractivity contribution in [2.24, 2.45) is 5.92 Å². The maximum atomic E-state index is 12.3. The molecule has 1 aliphatic rings. The number of fused-ring (bicyclic) bond motifs is 1. The molecular formula is C17H20N2O. The Bertz CT molecular complexity index is 623. The van der Waals surface area contributed by atoms with Crippen molar-refractivity contribution in [3.8, 4) is 0 Å². The molecule has 1 heterocycles. The van der Waals surface area contributed by atoms with Gasteiger partial charge < -0.3 is 5.32 Å². The number of nitrogens with one attached hydrogen (secondary N) is 1. The lowest BCUT2D eigenvalue weighted by atomic mass is 9.87. The van der Waals surface area contributed by atoms with Gasteiger partial charge >= 0.3 is 0 Å². The van der Waals surface area contributed by atoms with Gasteiger partial charge in [-0.2, -0.15) is 0 Å². The molecule has 2 unspecified atom stereocenters. The normalized spacial score (nSPS) is 22.6. The summed E-state index contributed by atoms with van der Waals surface area (Å²) in [5, 5.41) is 4.19. The van der Waals surface area contributed by atoms with E-state index < -0.39 is 0 Å². The van der Waals surface area contributed by atoms with E-state index in [4.69, 9.17) is 0 Å². The minimum atomic E-state index is -0.0464. The Morgan fingerprint density at radius 3 is 2.90 bits per heavy atom. The van der Waals surface area contributed by atoms with Crippen LogP contribution in [0.25, 0.3) is 10.9 Å². The van der Waals surface area contributed by atoms with Crippen LogP contribution in [0.15, 0.2) is 36.4 Å². The van der Waals surface area contributed by atoms with Gasteiger partial charge in [0, 0.05) is 11.4 Å². The van der Waals surface area contributed by atoms with Crippen molar-refractivity contribution >= 4 is 16.8 Å². The number of pyridine rings is 1. The summed E-state index contributed by atoms with van der Waals surface area (Å²) in [5.74, 6) is 0.661. The van der Waals surface area contributed by atoms with Crippen molar-refractivity contribution in [2.75, 3.05) is 0 Å². The highest BCUT2D eigenvalue weighted by Gasteiger charge is 2.21. The quantitative estimate of drug-likeness (QED) is 0.905. The number of amides is 1. The molecule has 0 aliphatic heterocycles. The molecule has 2 atom stereocenters. The van der Waals surface area contributed by atoms with Crippen molar-refractivity contribution < 1.29 is 4.79 Å². The lowest BCUT2D eigenvalue weighted by Crippen LogP contribution is -2.38. The van der Waals surface area contributed by atoms with Gasteiger partial charge in [-0.1, -0.05) is 44.0 Å². The van der Waals surface area contributed by atoms with Crippen molar-refractivity contribution in [1.29, 1.82) is 0 Å². The summed E-state index contributed by atoms with van der Waals surface area (Å²) < 4.78 is 0. The predicted molar refractivity (Wildman–Crippen MR) is 80.6 cm³/mol. The van der Waals surface area contributed by atoms with Gasteiger partial charge in [0.05, 0.1) is 5.52 Å². The van der Waals surface area contributed by atoms with E-state index in [2.05, 4.69) is 17.2 Å². The molecule has 3 rings (SSSR count). The minimum Gasteiger partial charge on any atom is -0.348 e. The molecular weight excluding hydrogens is 248 g/mol. The number of carbonyl (C=O) groups excluding carboxylic acids is 1. The zero-order valence-corrected chi connectivity index (χ0v) is 11.8. The van der Waals surface area contributed by atoms with Gasteiger partial charge in [0.2, 0.25) is 0 Å². The molecule has 2 aromatic rings. The summed E-state index contributed by atoms with van der Waals surface area (Å²) in [6.07, 6.45) is 4.65. The Balaban J connectivity index is 1.75. The second kappa shape index (κ2) is 5.61. The zero-order valence-electron chi connectivity index (χ0n) is 11.8. The van der Waals surface area contributed by atoms with Crippen LogP contribution in [0, 0.1) is 5.92 Å². The number of rotatable bonds is 2. The van der Waals surface area contributed by atoms with Crippen LogP contribution in [-0.2, 0) is 0 Å². The van der Waals surface area contributed by atoms with Crippen LogP contribution in [0.2, 0.25) is 0 Å². The Kier molecular flexibility index (Phi) is 3.68. The predicted octanol–water partition coefficient (Wildman–Crippen LogP) is 3.54. The van der Waals surface area contributed by atoms with Crippen LogP contribution >= 0.6 is 0 Å². The SMILES string of the molecule is CC1CCCC(NC(=O)c2ccc3ccccc3n2)C1. The van der Waals surface area contributed by atoms with E-state index >= 15 is 0 Å². The third kappa shape index (κ3) is 2.82. The molecule has 20 heavy (non-hydrogen) atoms. The van der Waals surface area contributed by atoms with Gasteiger partial charge in [-0.15, -0.1) is 0 Å². The molecule has 0 spiro atoms. The maximum absolute atomic E-state index is 12.3. The molecule has 1 N–H and O–H groups in total. The first kappa shape index (κ1) is 13.1. The number of benzene rings is 1. The van der Waals surface area contributed by atoms with Crippen molar-refractivity contribution in [3.63, 3.8) is 0 Å². The standard InChI is InChI=1S/C17H20N2O/c1-12-5-4-7-14(11-12)18-17(20)16-10-9-13-6-2-3-8-15(13)19-16/h2-3,6,8-10,12,14H,4-5,7,11H2,1H3,(H,18,20). The molecule has 1 amide bonds. The lowest BCUT2D eigenvalue weighted by molar-refractivity contribution is 0.0916. The van der Waals surface area contributed by atoms with Gasteiger partial charge in [-0.3, -0.25) is 4.79 Å². The Morgan fingerprint density at radius 2 is 2.05 bits per heavy atom. The topological polar surface area (TPSA) is 42.0 Å². The monoisotopic (exact) mass is 268 g/mol. The van der Waals surface area contributed by atoms with Crippen molar-refractivity contribution in [2.45, 2.75) is 38.6 Å². The van der Waals surface area contributed by atoms with Crippen LogP contribution in [-0.4, -0.2) is 16.9 Å². The smallest absolute Gasteiger partial charge is 0.270 e. The third-order valence-electron chi connectivity index (χ3n) is 4.10. The second-order valence-corrected chi connectivity index (χ2v) is 5.83. The number of aromatic nitrogens is 1. The van der Waals surface area contributed by atoms with E-state index in [0.717, 1.165) is 23.7 Å². The Hall–Kier alpha value is -1.90. The largest absolute Gasteiger partial charge is 0.348 e. The van der Waals surface area contributed by atoms with Gasteiger partial charge in [0.25, 0.3) is 5.91 Å². The van der Waals surface area contributed by atoms with Crippen molar-refractivity contribution in [3.05, 3.63) is 42.1 Å². The van der Waals surface area contributed by atoms with Crippen LogP contribution in [0.5, 0.6) is 0 Å². The molecule has 104 valence electrons. The van der Waals surface area contributed by atoms with E-state index in [1.54, 1.807) is 0 Å². The van der Waals surface area contributed by atoms with E-state index in [1.165, 1.54) is 12.8 Å². The van der Waals surface area contributed by atoms with Gasteiger partial charge in [-0.25, -0.2) is 4.98 Å². The molecule has 0 bridgehead atoms. The van der Waals surface area contributed by atoms with Gasteiger partial charge in [0.1, 0.15) is 5.69 Å². The fourth-order valence-electron chi connectivity index (χ4n) is 3.02. The number of hydrogen-bond acceptors (Lipinski definition) is 2. The van der Waals surface area contributed by atoms with Gasteiger partial charge in [-0.05, 0) is 30.9 Å². The summed E-state index contributed by atoms with van der Waals surface area (Å²) >= 11 is 0. The Morgan fingerprint density at radius 1 is 1.20 bits per heavy atom. The molecule has 3 heteroatoms. The summed E-state index contributed by atoms with van der Waals surface area (Å²) in [6.45, 7) is 2.26. The summed E-state index contributed by atoms with van der Waals surface area (Å²) in [5.41, 5.74) is 1.39. The zero-order chi connectivity index (χ0) is 13.9. The number of para-hydroxylation sites is 1. The highest BCUT2D eigenvalue weighted by molar-refractivity contribution is 5.95. The number of hydrogen-bond donors (Lipinski definition) is 1. The van der Waals surface area contributed by atoms with E-state index in [0.29, 0.717) is 17.7 Å². The Labute approximate surface area is 119 Å². The molecule has 1 aliphatic carbocycles. The molecule has 0 radical (unpaired) electrons. The second-order valence-electron chi connectivity index (χ2n) is 5.83. The maximum Gasteiger partial charge on any atom is 0.270 e. The molecule has 1 fully saturated rings. The number of carbonyl (C=O) groups is 1. The van der Waals surface area contributed by atoms with Crippen LogP contribution in [0.1, 0.15) is 43.1 Å². The minimum absolute atomic E-state index is 0.0464. The van der Waals surface area contributed by atoms with Crippen molar-refractivity contribution in [1.82, 2.24) is 10.3 Å². The van der Waals surface area contributed by atoms with Crippen LogP contribution in [0.3, 0.4) is 0 Å². The summed E-state index contributed by atoms with van der Waals surface area (Å²) in [6, 6.07) is 11.9. The molecule has 3 nitrogen and oxygen atoms in total. The third-order valence-corrected chi connectivity index (χ3v) is 4.10.